The van der Waals surface area contributed by atoms with Gasteiger partial charge < -0.3 is 16.4 Å². The van der Waals surface area contributed by atoms with Gasteiger partial charge in [0.2, 0.25) is 0 Å². The van der Waals surface area contributed by atoms with Gasteiger partial charge in [0.25, 0.3) is 0 Å². The summed E-state index contributed by atoms with van der Waals surface area (Å²) in [7, 11) is 0. The molecule has 0 atom stereocenters. The van der Waals surface area contributed by atoms with E-state index in [0.29, 0.717) is 0 Å². The van der Waals surface area contributed by atoms with Crippen LogP contribution in [0.15, 0.2) is 11.6 Å². The van der Waals surface area contributed by atoms with Crippen LogP contribution in [0.4, 0.5) is 0 Å². The van der Waals surface area contributed by atoms with Crippen molar-refractivity contribution >= 4 is 0 Å². The maximum atomic E-state index is 5.42. The van der Waals surface area contributed by atoms with Crippen LogP contribution in [0, 0.1) is 0 Å². The maximum absolute atomic E-state index is 5.42. The zero-order valence-corrected chi connectivity index (χ0v) is 15.9. The summed E-state index contributed by atoms with van der Waals surface area (Å²) in [5.74, 6) is 0. The van der Waals surface area contributed by atoms with Gasteiger partial charge in [-0.05, 0) is 64.6 Å². The van der Waals surface area contributed by atoms with E-state index < -0.39 is 0 Å². The average molecular weight is 314 g/mol. The Balaban J connectivity index is 0. The van der Waals surface area contributed by atoms with Crippen LogP contribution in [0.3, 0.4) is 0 Å². The van der Waals surface area contributed by atoms with Gasteiger partial charge in [-0.2, -0.15) is 0 Å². The van der Waals surface area contributed by atoms with Crippen molar-refractivity contribution in [2.45, 2.75) is 79.1 Å². The SMILES string of the molecule is CC.CC.NCCC1=CCCCC1.NCCN1CCCCC1. The Morgan fingerprint density at radius 2 is 1.50 bits per heavy atom. The fourth-order valence-corrected chi connectivity index (χ4v) is 2.68. The summed E-state index contributed by atoms with van der Waals surface area (Å²) in [5, 5.41) is 0. The molecule has 3 heteroatoms. The summed E-state index contributed by atoms with van der Waals surface area (Å²) in [4.78, 5) is 2.45. The second kappa shape index (κ2) is 20.6. The van der Waals surface area contributed by atoms with Gasteiger partial charge in [0.05, 0.1) is 0 Å². The predicted octanol–water partition coefficient (Wildman–Crippen LogP) is 4.32. The van der Waals surface area contributed by atoms with Gasteiger partial charge in [-0.15, -0.1) is 0 Å². The Kier molecular flexibility index (Phi) is 22.4. The number of hydrogen-bond acceptors (Lipinski definition) is 3. The number of likely N-dealkylation sites (tertiary alicyclic amines) is 1. The fourth-order valence-electron chi connectivity index (χ4n) is 2.68. The number of hydrogen-bond donors (Lipinski definition) is 2. The second-order valence-electron chi connectivity index (χ2n) is 5.34. The van der Waals surface area contributed by atoms with E-state index in [9.17, 15) is 0 Å². The summed E-state index contributed by atoms with van der Waals surface area (Å²) >= 11 is 0. The summed E-state index contributed by atoms with van der Waals surface area (Å²) in [6.45, 7) is 13.3. The molecule has 4 N–H and O–H groups in total. The van der Waals surface area contributed by atoms with Crippen LogP contribution in [0.5, 0.6) is 0 Å². The topological polar surface area (TPSA) is 55.3 Å². The number of piperidine rings is 1. The average Bonchev–Trinajstić information content (AvgIpc) is 2.62. The lowest BCUT2D eigenvalue weighted by Crippen LogP contribution is -2.33. The third-order valence-electron chi connectivity index (χ3n) is 3.74. The van der Waals surface area contributed by atoms with Crippen molar-refractivity contribution in [3.63, 3.8) is 0 Å². The minimum absolute atomic E-state index is 0.819. The Hall–Kier alpha value is -0.380. The lowest BCUT2D eigenvalue weighted by molar-refractivity contribution is 0.235. The molecule has 0 spiro atoms. The lowest BCUT2D eigenvalue weighted by atomic mass is 9.97. The van der Waals surface area contributed by atoms with Crippen LogP contribution in [-0.2, 0) is 0 Å². The van der Waals surface area contributed by atoms with Gasteiger partial charge in [0, 0.05) is 13.1 Å². The van der Waals surface area contributed by atoms with E-state index >= 15 is 0 Å². The zero-order chi connectivity index (χ0) is 17.1. The van der Waals surface area contributed by atoms with Crippen molar-refractivity contribution in [3.8, 4) is 0 Å². The molecule has 1 saturated heterocycles. The van der Waals surface area contributed by atoms with E-state index in [4.69, 9.17) is 11.5 Å². The molecule has 2 rings (SSSR count). The van der Waals surface area contributed by atoms with Gasteiger partial charge in [-0.1, -0.05) is 45.8 Å². The van der Waals surface area contributed by atoms with Crippen molar-refractivity contribution in [3.05, 3.63) is 11.6 Å². The number of allylic oxidation sites excluding steroid dienone is 1. The summed E-state index contributed by atoms with van der Waals surface area (Å²) in [5.41, 5.74) is 12.4. The summed E-state index contributed by atoms with van der Waals surface area (Å²) < 4.78 is 0. The lowest BCUT2D eigenvalue weighted by Gasteiger charge is -2.25. The van der Waals surface area contributed by atoms with Crippen molar-refractivity contribution in [1.29, 1.82) is 0 Å². The van der Waals surface area contributed by atoms with Gasteiger partial charge in [0.15, 0.2) is 0 Å². The second-order valence-corrected chi connectivity index (χ2v) is 5.34. The molecule has 1 aliphatic heterocycles. The Labute approximate surface area is 140 Å². The third kappa shape index (κ3) is 14.6. The minimum atomic E-state index is 0.819. The molecule has 0 amide bonds. The van der Waals surface area contributed by atoms with Crippen molar-refractivity contribution < 1.29 is 0 Å². The first-order chi connectivity index (χ1) is 10.9. The van der Waals surface area contributed by atoms with Crippen LogP contribution in [0.2, 0.25) is 0 Å². The van der Waals surface area contributed by atoms with Gasteiger partial charge >= 0.3 is 0 Å². The molecular weight excluding hydrogens is 270 g/mol. The zero-order valence-electron chi connectivity index (χ0n) is 15.9. The Morgan fingerprint density at radius 3 is 1.95 bits per heavy atom. The van der Waals surface area contributed by atoms with Gasteiger partial charge in [0.1, 0.15) is 0 Å². The van der Waals surface area contributed by atoms with Crippen molar-refractivity contribution in [1.82, 2.24) is 4.90 Å². The molecule has 0 saturated carbocycles. The van der Waals surface area contributed by atoms with Crippen molar-refractivity contribution in [2.24, 2.45) is 11.5 Å². The maximum Gasteiger partial charge on any atom is 0.0105 e. The molecule has 0 unspecified atom stereocenters. The highest BCUT2D eigenvalue weighted by atomic mass is 15.1. The molecule has 0 aromatic carbocycles. The Morgan fingerprint density at radius 1 is 0.864 bits per heavy atom. The quantitative estimate of drug-likeness (QED) is 0.760. The molecule has 0 aromatic rings. The van der Waals surface area contributed by atoms with E-state index in [-0.39, 0.29) is 0 Å². The largest absolute Gasteiger partial charge is 0.330 e. The monoisotopic (exact) mass is 313 g/mol. The van der Waals surface area contributed by atoms with Gasteiger partial charge in [-0.3, -0.25) is 0 Å². The molecule has 1 aliphatic carbocycles. The molecule has 0 bridgehead atoms. The van der Waals surface area contributed by atoms with Crippen LogP contribution in [0.25, 0.3) is 0 Å². The molecule has 0 radical (unpaired) electrons. The highest BCUT2D eigenvalue weighted by Crippen LogP contribution is 2.18. The third-order valence-corrected chi connectivity index (χ3v) is 3.74. The first kappa shape index (κ1) is 23.9. The van der Waals surface area contributed by atoms with Crippen LogP contribution in [-0.4, -0.2) is 37.6 Å². The van der Waals surface area contributed by atoms with Crippen molar-refractivity contribution in [2.75, 3.05) is 32.7 Å². The van der Waals surface area contributed by atoms with E-state index in [2.05, 4.69) is 11.0 Å². The molecule has 1 heterocycles. The Bertz CT molecular complexity index is 218. The van der Waals surface area contributed by atoms with E-state index in [1.165, 1.54) is 58.0 Å². The molecule has 1 fully saturated rings. The number of rotatable bonds is 4. The van der Waals surface area contributed by atoms with Crippen LogP contribution >= 0.6 is 0 Å². The molecule has 22 heavy (non-hydrogen) atoms. The van der Waals surface area contributed by atoms with E-state index in [1.807, 2.05) is 27.7 Å². The van der Waals surface area contributed by atoms with E-state index in [1.54, 1.807) is 5.57 Å². The van der Waals surface area contributed by atoms with E-state index in [0.717, 1.165) is 26.1 Å². The summed E-state index contributed by atoms with van der Waals surface area (Å²) in [6, 6.07) is 0. The molecular formula is C19H43N3. The first-order valence-electron chi connectivity index (χ1n) is 9.67. The smallest absolute Gasteiger partial charge is 0.0105 e. The first-order valence-corrected chi connectivity index (χ1v) is 9.67. The predicted molar refractivity (Wildman–Crippen MR) is 102 cm³/mol. The number of nitrogens with zero attached hydrogens (tertiary/aromatic N) is 1. The fraction of sp³-hybridized carbons (Fsp3) is 0.895. The van der Waals surface area contributed by atoms with Crippen LogP contribution in [0.1, 0.15) is 79.1 Å². The molecule has 3 nitrogen and oxygen atoms in total. The minimum Gasteiger partial charge on any atom is -0.330 e. The van der Waals surface area contributed by atoms with Crippen LogP contribution < -0.4 is 11.5 Å². The molecule has 0 aromatic heterocycles. The standard InChI is InChI=1S/C8H15N.C7H16N2.2C2H6/c9-7-6-8-4-2-1-3-5-8;8-4-7-9-5-2-1-3-6-9;2*1-2/h4H,1-3,5-7,9H2;1-8H2;2*1-2H3. The molecule has 134 valence electrons. The highest BCUT2D eigenvalue weighted by Gasteiger charge is 2.07. The highest BCUT2D eigenvalue weighted by molar-refractivity contribution is 5.04. The molecule has 2 aliphatic rings. The normalized spacial score (nSPS) is 17.6. The van der Waals surface area contributed by atoms with Gasteiger partial charge in [-0.25, -0.2) is 0 Å². The number of nitrogens with two attached hydrogens (primary N) is 2. The summed E-state index contributed by atoms with van der Waals surface area (Å²) in [6.07, 6.45) is 13.0.